The van der Waals surface area contributed by atoms with Crippen molar-refractivity contribution in [3.8, 4) is 0 Å². The third-order valence-electron chi connectivity index (χ3n) is 3.80. The van der Waals surface area contributed by atoms with E-state index in [1.807, 2.05) is 13.0 Å². The van der Waals surface area contributed by atoms with Gasteiger partial charge in [-0.15, -0.1) is 0 Å². The number of benzene rings is 2. The molecule has 0 saturated carbocycles. The van der Waals surface area contributed by atoms with Crippen molar-refractivity contribution in [1.29, 1.82) is 0 Å². The Labute approximate surface area is 143 Å². The van der Waals surface area contributed by atoms with Crippen LogP contribution in [0.1, 0.15) is 22.8 Å². The average Bonchev–Trinajstić information content (AvgIpc) is 2.94. The monoisotopic (exact) mass is 338 g/mol. The van der Waals surface area contributed by atoms with Crippen LogP contribution in [0.2, 0.25) is 0 Å². The Bertz CT molecular complexity index is 1000. The lowest BCUT2D eigenvalue weighted by Gasteiger charge is -2.14. The number of rotatable bonds is 4. The Balaban J connectivity index is 1.67. The van der Waals surface area contributed by atoms with Gasteiger partial charge in [0.1, 0.15) is 6.04 Å². The highest BCUT2D eigenvalue weighted by Crippen LogP contribution is 2.14. The Morgan fingerprint density at radius 3 is 2.56 bits per heavy atom. The Kier molecular flexibility index (Phi) is 4.38. The Morgan fingerprint density at radius 1 is 1.04 bits per heavy atom. The predicted octanol–water partition coefficient (Wildman–Crippen LogP) is 1.92. The largest absolute Gasteiger partial charge is 0.341 e. The number of nitrogens with one attached hydrogen (secondary N) is 4. The number of aromatic amines is 2. The van der Waals surface area contributed by atoms with Gasteiger partial charge in [-0.05, 0) is 44.2 Å². The molecule has 4 N–H and O–H groups in total. The molecular weight excluding hydrogens is 320 g/mol. The second-order valence-electron chi connectivity index (χ2n) is 5.89. The first-order chi connectivity index (χ1) is 11.9. The Hall–Kier alpha value is -3.35. The van der Waals surface area contributed by atoms with E-state index < -0.39 is 6.04 Å². The van der Waals surface area contributed by atoms with Crippen LogP contribution in [-0.2, 0) is 4.79 Å². The first kappa shape index (κ1) is 16.5. The molecule has 0 bridgehead atoms. The minimum Gasteiger partial charge on any atom is -0.341 e. The zero-order valence-corrected chi connectivity index (χ0v) is 13.8. The van der Waals surface area contributed by atoms with Gasteiger partial charge in [0, 0.05) is 11.3 Å². The fourth-order valence-electron chi connectivity index (χ4n) is 2.49. The summed E-state index contributed by atoms with van der Waals surface area (Å²) in [6.07, 6.45) is 0. The number of amides is 2. The number of aryl methyl sites for hydroxylation is 1. The van der Waals surface area contributed by atoms with Crippen LogP contribution in [0.15, 0.2) is 47.3 Å². The van der Waals surface area contributed by atoms with Gasteiger partial charge in [-0.25, -0.2) is 4.79 Å². The highest BCUT2D eigenvalue weighted by molar-refractivity contribution is 6.01. The molecule has 2 aromatic carbocycles. The number of imidazole rings is 1. The van der Waals surface area contributed by atoms with Crippen molar-refractivity contribution in [2.24, 2.45) is 0 Å². The standard InChI is InChI=1S/C18H18N4O3/c1-10-4-3-5-12(8-10)17(24)19-11(2)16(23)20-13-6-7-14-15(9-13)22-18(25)21-14/h3-9,11H,1-2H3,(H,19,24)(H,20,23)(H2,21,22,25). The summed E-state index contributed by atoms with van der Waals surface area (Å²) in [5, 5.41) is 5.39. The molecule has 0 radical (unpaired) electrons. The molecule has 1 heterocycles. The van der Waals surface area contributed by atoms with Crippen molar-refractivity contribution in [3.63, 3.8) is 0 Å². The number of aromatic nitrogens is 2. The first-order valence-corrected chi connectivity index (χ1v) is 7.83. The van der Waals surface area contributed by atoms with Gasteiger partial charge in [0.15, 0.2) is 0 Å². The van der Waals surface area contributed by atoms with Crippen LogP contribution in [0.4, 0.5) is 5.69 Å². The summed E-state index contributed by atoms with van der Waals surface area (Å²) in [5.41, 5.74) is 2.95. The van der Waals surface area contributed by atoms with Crippen LogP contribution >= 0.6 is 0 Å². The molecule has 0 aliphatic carbocycles. The van der Waals surface area contributed by atoms with E-state index in [0.29, 0.717) is 22.3 Å². The molecule has 3 rings (SSSR count). The van der Waals surface area contributed by atoms with Crippen molar-refractivity contribution in [2.45, 2.75) is 19.9 Å². The molecule has 1 unspecified atom stereocenters. The fraction of sp³-hybridized carbons (Fsp3) is 0.167. The van der Waals surface area contributed by atoms with Crippen LogP contribution < -0.4 is 16.3 Å². The van der Waals surface area contributed by atoms with Crippen molar-refractivity contribution in [3.05, 3.63) is 64.1 Å². The van der Waals surface area contributed by atoms with Crippen molar-refractivity contribution >= 4 is 28.5 Å². The van der Waals surface area contributed by atoms with Crippen molar-refractivity contribution in [2.75, 3.05) is 5.32 Å². The number of H-pyrrole nitrogens is 2. The molecule has 128 valence electrons. The lowest BCUT2D eigenvalue weighted by atomic mass is 10.1. The van der Waals surface area contributed by atoms with E-state index in [9.17, 15) is 14.4 Å². The molecule has 1 aromatic heterocycles. The van der Waals surface area contributed by atoms with Gasteiger partial charge in [0.2, 0.25) is 5.91 Å². The van der Waals surface area contributed by atoms with E-state index >= 15 is 0 Å². The lowest BCUT2D eigenvalue weighted by Crippen LogP contribution is -2.41. The maximum absolute atomic E-state index is 12.3. The van der Waals surface area contributed by atoms with E-state index in [1.165, 1.54) is 0 Å². The maximum atomic E-state index is 12.3. The summed E-state index contributed by atoms with van der Waals surface area (Å²) in [5.74, 6) is -0.657. The number of hydrogen-bond donors (Lipinski definition) is 4. The molecular formula is C18H18N4O3. The topological polar surface area (TPSA) is 107 Å². The zero-order chi connectivity index (χ0) is 18.0. The highest BCUT2D eigenvalue weighted by atomic mass is 16.2. The molecule has 7 nitrogen and oxygen atoms in total. The summed E-state index contributed by atoms with van der Waals surface area (Å²) in [6.45, 7) is 3.51. The quantitative estimate of drug-likeness (QED) is 0.584. The van der Waals surface area contributed by atoms with Gasteiger partial charge in [0.05, 0.1) is 11.0 Å². The van der Waals surface area contributed by atoms with E-state index in [4.69, 9.17) is 0 Å². The van der Waals surface area contributed by atoms with E-state index in [-0.39, 0.29) is 17.5 Å². The highest BCUT2D eigenvalue weighted by Gasteiger charge is 2.17. The van der Waals surface area contributed by atoms with Crippen molar-refractivity contribution < 1.29 is 9.59 Å². The van der Waals surface area contributed by atoms with E-state index in [2.05, 4.69) is 20.6 Å². The summed E-state index contributed by atoms with van der Waals surface area (Å²) < 4.78 is 0. The average molecular weight is 338 g/mol. The minimum atomic E-state index is -0.714. The van der Waals surface area contributed by atoms with Crippen LogP contribution in [0.25, 0.3) is 11.0 Å². The molecule has 25 heavy (non-hydrogen) atoms. The van der Waals surface area contributed by atoms with Gasteiger partial charge in [-0.3, -0.25) is 9.59 Å². The van der Waals surface area contributed by atoms with Crippen LogP contribution in [0, 0.1) is 6.92 Å². The zero-order valence-electron chi connectivity index (χ0n) is 13.8. The van der Waals surface area contributed by atoms with Gasteiger partial charge >= 0.3 is 5.69 Å². The SMILES string of the molecule is Cc1cccc(C(=O)NC(C)C(=O)Nc2ccc3[nH]c(=O)[nH]c3c2)c1. The van der Waals surface area contributed by atoms with Crippen LogP contribution in [-0.4, -0.2) is 27.8 Å². The van der Waals surface area contributed by atoms with Gasteiger partial charge in [-0.2, -0.15) is 0 Å². The third-order valence-corrected chi connectivity index (χ3v) is 3.80. The second kappa shape index (κ2) is 6.64. The third kappa shape index (κ3) is 3.77. The molecule has 0 spiro atoms. The molecule has 1 atom stereocenters. The first-order valence-electron chi connectivity index (χ1n) is 7.83. The summed E-state index contributed by atoms with van der Waals surface area (Å²) in [4.78, 5) is 41.0. The molecule has 7 heteroatoms. The molecule has 0 aliphatic rings. The summed E-state index contributed by atoms with van der Waals surface area (Å²) in [6, 6.07) is 11.5. The number of carbonyl (C=O) groups is 2. The molecule has 0 saturated heterocycles. The molecule has 0 aliphatic heterocycles. The molecule has 3 aromatic rings. The van der Waals surface area contributed by atoms with Gasteiger partial charge in [-0.1, -0.05) is 17.7 Å². The van der Waals surface area contributed by atoms with E-state index in [0.717, 1.165) is 5.56 Å². The smallest absolute Gasteiger partial charge is 0.323 e. The normalized spacial score (nSPS) is 11.9. The van der Waals surface area contributed by atoms with Gasteiger partial charge in [0.25, 0.3) is 5.91 Å². The van der Waals surface area contributed by atoms with E-state index in [1.54, 1.807) is 43.3 Å². The number of anilines is 1. The van der Waals surface area contributed by atoms with Crippen molar-refractivity contribution in [1.82, 2.24) is 15.3 Å². The fourth-order valence-corrected chi connectivity index (χ4v) is 2.49. The molecule has 0 fully saturated rings. The Morgan fingerprint density at radius 2 is 1.80 bits per heavy atom. The van der Waals surface area contributed by atoms with Gasteiger partial charge < -0.3 is 20.6 Å². The van der Waals surface area contributed by atoms with Crippen LogP contribution in [0.5, 0.6) is 0 Å². The number of carbonyl (C=O) groups excluding carboxylic acids is 2. The maximum Gasteiger partial charge on any atom is 0.323 e. The predicted molar refractivity (Wildman–Crippen MR) is 95.7 cm³/mol. The summed E-state index contributed by atoms with van der Waals surface area (Å²) >= 11 is 0. The second-order valence-corrected chi connectivity index (χ2v) is 5.89. The molecule has 2 amide bonds. The lowest BCUT2D eigenvalue weighted by molar-refractivity contribution is -0.117. The minimum absolute atomic E-state index is 0.308. The van der Waals surface area contributed by atoms with Crippen LogP contribution in [0.3, 0.4) is 0 Å². The number of hydrogen-bond acceptors (Lipinski definition) is 3. The number of fused-ring (bicyclic) bond motifs is 1. The summed E-state index contributed by atoms with van der Waals surface area (Å²) in [7, 11) is 0.